The van der Waals surface area contributed by atoms with Crippen molar-refractivity contribution in [3.63, 3.8) is 0 Å². The number of hydrogen-bond acceptors (Lipinski definition) is 6. The minimum atomic E-state index is -3.58. The zero-order valence-corrected chi connectivity index (χ0v) is 21.4. The highest BCUT2D eigenvalue weighted by Gasteiger charge is 2.17. The van der Waals surface area contributed by atoms with Gasteiger partial charge in [-0.15, -0.1) is 0 Å². The van der Waals surface area contributed by atoms with Crippen molar-refractivity contribution in [3.05, 3.63) is 48.5 Å². The number of rotatable bonds is 16. The standard InChI is InChI=1S/C26H40N2O4S/c1-5-27(6-2)19-9-21-31-23-11-15-25(16-12-23)33(29,30)26-17-13-24(14-18-26)32-22-10-20-28(7-3)8-4/h11-18H,5-10,19-22H2,1-4H3. The third-order valence-electron chi connectivity index (χ3n) is 5.83. The van der Waals surface area contributed by atoms with Crippen LogP contribution in [-0.4, -0.2) is 70.7 Å². The zero-order valence-electron chi connectivity index (χ0n) is 20.6. The molecule has 0 amide bonds. The van der Waals surface area contributed by atoms with Crippen molar-refractivity contribution < 1.29 is 17.9 Å². The fourth-order valence-corrected chi connectivity index (χ4v) is 4.86. The summed E-state index contributed by atoms with van der Waals surface area (Å²) in [4.78, 5) is 5.21. The van der Waals surface area contributed by atoms with Gasteiger partial charge >= 0.3 is 0 Å². The fraction of sp³-hybridized carbons (Fsp3) is 0.538. The first kappa shape index (κ1) is 27.2. The summed E-state index contributed by atoms with van der Waals surface area (Å²) in [5.41, 5.74) is 0. The molecule has 0 aliphatic rings. The second-order valence-electron chi connectivity index (χ2n) is 7.90. The number of sulfone groups is 1. The van der Waals surface area contributed by atoms with Crippen LogP contribution in [0.25, 0.3) is 0 Å². The van der Waals surface area contributed by atoms with Gasteiger partial charge in [0.05, 0.1) is 23.0 Å². The van der Waals surface area contributed by atoms with Crippen LogP contribution < -0.4 is 9.47 Å². The van der Waals surface area contributed by atoms with Crippen LogP contribution in [0.2, 0.25) is 0 Å². The van der Waals surface area contributed by atoms with Gasteiger partial charge in [0.25, 0.3) is 0 Å². The van der Waals surface area contributed by atoms with Crippen LogP contribution in [0.4, 0.5) is 0 Å². The van der Waals surface area contributed by atoms with Crippen LogP contribution in [0, 0.1) is 0 Å². The van der Waals surface area contributed by atoms with Crippen LogP contribution in [0.1, 0.15) is 40.5 Å². The highest BCUT2D eigenvalue weighted by atomic mass is 32.2. The molecular weight excluding hydrogens is 436 g/mol. The Labute approximate surface area is 200 Å². The third kappa shape index (κ3) is 8.65. The predicted molar refractivity (Wildman–Crippen MR) is 134 cm³/mol. The van der Waals surface area contributed by atoms with Gasteiger partial charge in [-0.05, 0) is 87.6 Å². The normalized spacial score (nSPS) is 11.8. The largest absolute Gasteiger partial charge is 0.494 e. The maximum atomic E-state index is 13.0. The van der Waals surface area contributed by atoms with E-state index in [0.29, 0.717) is 24.7 Å². The Morgan fingerprint density at radius 2 is 0.939 bits per heavy atom. The van der Waals surface area contributed by atoms with E-state index in [1.807, 2.05) is 0 Å². The third-order valence-corrected chi connectivity index (χ3v) is 7.62. The van der Waals surface area contributed by atoms with Crippen molar-refractivity contribution in [1.29, 1.82) is 0 Å². The predicted octanol–water partition coefficient (Wildman–Crippen LogP) is 4.74. The van der Waals surface area contributed by atoms with Crippen molar-refractivity contribution >= 4 is 9.84 Å². The number of nitrogens with zero attached hydrogens (tertiary/aromatic N) is 2. The molecule has 2 aromatic carbocycles. The van der Waals surface area contributed by atoms with E-state index in [2.05, 4.69) is 37.5 Å². The minimum absolute atomic E-state index is 0.255. The van der Waals surface area contributed by atoms with Crippen LogP contribution in [0.3, 0.4) is 0 Å². The van der Waals surface area contributed by atoms with E-state index >= 15 is 0 Å². The Morgan fingerprint density at radius 1 is 0.606 bits per heavy atom. The average Bonchev–Trinajstić information content (AvgIpc) is 2.85. The molecule has 0 aromatic heterocycles. The summed E-state index contributed by atoms with van der Waals surface area (Å²) < 4.78 is 37.5. The number of hydrogen-bond donors (Lipinski definition) is 0. The molecule has 0 N–H and O–H groups in total. The molecule has 0 bridgehead atoms. The van der Waals surface area contributed by atoms with Crippen LogP contribution in [-0.2, 0) is 9.84 Å². The molecular formula is C26H40N2O4S. The van der Waals surface area contributed by atoms with E-state index in [1.54, 1.807) is 48.5 Å². The van der Waals surface area contributed by atoms with Gasteiger partial charge in [0.15, 0.2) is 0 Å². The molecule has 0 spiro atoms. The van der Waals surface area contributed by atoms with E-state index < -0.39 is 9.84 Å². The summed E-state index contributed by atoms with van der Waals surface area (Å²) in [5, 5.41) is 0. The average molecular weight is 477 g/mol. The maximum absolute atomic E-state index is 13.0. The molecule has 0 atom stereocenters. The van der Waals surface area contributed by atoms with Gasteiger partial charge in [-0.1, -0.05) is 27.7 Å². The van der Waals surface area contributed by atoms with E-state index in [0.717, 1.165) is 52.1 Å². The topological polar surface area (TPSA) is 59.1 Å². The Kier molecular flexibility index (Phi) is 11.7. The molecule has 0 unspecified atom stereocenters. The van der Waals surface area contributed by atoms with Gasteiger partial charge < -0.3 is 19.3 Å². The molecule has 0 aliphatic heterocycles. The van der Waals surface area contributed by atoms with Crippen molar-refractivity contribution in [2.45, 2.75) is 50.3 Å². The van der Waals surface area contributed by atoms with Crippen molar-refractivity contribution in [2.75, 3.05) is 52.5 Å². The Hall–Kier alpha value is -2.09. The highest BCUT2D eigenvalue weighted by molar-refractivity contribution is 7.91. The van der Waals surface area contributed by atoms with Gasteiger partial charge in [-0.3, -0.25) is 0 Å². The number of benzene rings is 2. The molecule has 33 heavy (non-hydrogen) atoms. The lowest BCUT2D eigenvalue weighted by atomic mass is 10.3. The summed E-state index contributed by atoms with van der Waals surface area (Å²) in [7, 11) is -3.58. The number of ether oxygens (including phenoxy) is 2. The summed E-state index contributed by atoms with van der Waals surface area (Å²) in [6.07, 6.45) is 1.87. The van der Waals surface area contributed by atoms with E-state index in [9.17, 15) is 8.42 Å². The second-order valence-corrected chi connectivity index (χ2v) is 9.85. The summed E-state index contributed by atoms with van der Waals surface area (Å²) in [6.45, 7) is 16.0. The fourth-order valence-electron chi connectivity index (χ4n) is 3.60. The highest BCUT2D eigenvalue weighted by Crippen LogP contribution is 2.25. The van der Waals surface area contributed by atoms with Crippen LogP contribution in [0.5, 0.6) is 11.5 Å². The smallest absolute Gasteiger partial charge is 0.206 e. The lowest BCUT2D eigenvalue weighted by Crippen LogP contribution is -2.25. The molecule has 0 saturated heterocycles. The lowest BCUT2D eigenvalue weighted by molar-refractivity contribution is 0.249. The molecule has 2 rings (SSSR count). The lowest BCUT2D eigenvalue weighted by Gasteiger charge is -2.17. The van der Waals surface area contributed by atoms with Gasteiger partial charge in [-0.25, -0.2) is 8.42 Å². The first-order chi connectivity index (χ1) is 15.9. The monoisotopic (exact) mass is 476 g/mol. The molecule has 2 aromatic rings. The zero-order chi connectivity index (χ0) is 24.1. The van der Waals surface area contributed by atoms with Gasteiger partial charge in [0.2, 0.25) is 9.84 Å². The van der Waals surface area contributed by atoms with Crippen LogP contribution in [0.15, 0.2) is 58.3 Å². The van der Waals surface area contributed by atoms with Gasteiger partial charge in [0, 0.05) is 13.1 Å². The van der Waals surface area contributed by atoms with E-state index in [1.165, 1.54) is 0 Å². The quantitative estimate of drug-likeness (QED) is 0.326. The van der Waals surface area contributed by atoms with Crippen molar-refractivity contribution in [2.24, 2.45) is 0 Å². The second kappa shape index (κ2) is 14.2. The molecule has 184 valence electrons. The van der Waals surface area contributed by atoms with Crippen molar-refractivity contribution in [3.8, 4) is 11.5 Å². The molecule has 6 nitrogen and oxygen atoms in total. The SMILES string of the molecule is CCN(CC)CCCOc1ccc(S(=O)(=O)c2ccc(OCCCN(CC)CC)cc2)cc1. The Bertz CT molecular complexity index is 821. The summed E-state index contributed by atoms with van der Waals surface area (Å²) >= 11 is 0. The maximum Gasteiger partial charge on any atom is 0.206 e. The first-order valence-corrected chi connectivity index (χ1v) is 13.6. The molecule has 0 heterocycles. The first-order valence-electron chi connectivity index (χ1n) is 12.1. The van der Waals surface area contributed by atoms with E-state index in [-0.39, 0.29) is 9.79 Å². The summed E-state index contributed by atoms with van der Waals surface area (Å²) in [6, 6.07) is 13.3. The van der Waals surface area contributed by atoms with Gasteiger partial charge in [0.1, 0.15) is 11.5 Å². The molecule has 0 radical (unpaired) electrons. The Balaban J connectivity index is 1.87. The molecule has 0 aliphatic carbocycles. The van der Waals surface area contributed by atoms with Crippen molar-refractivity contribution in [1.82, 2.24) is 9.80 Å². The van der Waals surface area contributed by atoms with E-state index in [4.69, 9.17) is 9.47 Å². The summed E-state index contributed by atoms with van der Waals surface area (Å²) in [5.74, 6) is 1.36. The van der Waals surface area contributed by atoms with Crippen LogP contribution >= 0.6 is 0 Å². The van der Waals surface area contributed by atoms with Gasteiger partial charge in [-0.2, -0.15) is 0 Å². The molecule has 0 saturated carbocycles. The molecule has 0 fully saturated rings. The minimum Gasteiger partial charge on any atom is -0.494 e. The molecule has 7 heteroatoms. The Morgan fingerprint density at radius 3 is 1.24 bits per heavy atom.